The highest BCUT2D eigenvalue weighted by Gasteiger charge is 2.00. The first-order valence-corrected chi connectivity index (χ1v) is 5.03. The molecule has 0 aromatic heterocycles. The van der Waals surface area contributed by atoms with Crippen molar-refractivity contribution < 1.29 is 17.8 Å². The number of aliphatic hydroxyl groups is 1. The van der Waals surface area contributed by atoms with E-state index in [2.05, 4.69) is 9.76 Å². The maximum absolute atomic E-state index is 10.3. The monoisotopic (exact) mass is 219 g/mol. The van der Waals surface area contributed by atoms with Crippen molar-refractivity contribution >= 4 is 22.5 Å². The van der Waals surface area contributed by atoms with Crippen LogP contribution in [0.2, 0.25) is 0 Å². The van der Waals surface area contributed by atoms with E-state index < -0.39 is 16.2 Å². The van der Waals surface area contributed by atoms with Crippen LogP contribution < -0.4 is 5.48 Å². The number of rotatable bonds is 5. The molecule has 0 spiro atoms. The summed E-state index contributed by atoms with van der Waals surface area (Å²) in [5.41, 5.74) is 2.21. The summed E-state index contributed by atoms with van der Waals surface area (Å²) in [5.74, 6) is 0. The molecule has 0 saturated heterocycles. The number of nitrogens with one attached hydrogen (secondary N) is 1. The molecular weight excluding hydrogens is 206 g/mol. The number of hydroxylamine groups is 1. The van der Waals surface area contributed by atoms with Crippen LogP contribution in [0.3, 0.4) is 0 Å². The first-order chi connectivity index (χ1) is 4.92. The van der Waals surface area contributed by atoms with Gasteiger partial charge in [-0.3, -0.25) is 0 Å². The largest absolute Gasteiger partial charge is 0.393 e. The summed E-state index contributed by atoms with van der Waals surface area (Å²) in [7, 11) is -3.41. The van der Waals surface area contributed by atoms with E-state index in [1.807, 2.05) is 0 Å². The molecule has 0 aliphatic heterocycles. The van der Waals surface area contributed by atoms with Crippen molar-refractivity contribution in [3.63, 3.8) is 0 Å². The third kappa shape index (κ3) is 12.8. The summed E-state index contributed by atoms with van der Waals surface area (Å²) in [5, 5.41) is 8.74. The van der Waals surface area contributed by atoms with Gasteiger partial charge in [0.05, 0.1) is 12.4 Å². The Morgan fingerprint density at radius 2 is 2.08 bits per heavy atom. The van der Waals surface area contributed by atoms with Crippen molar-refractivity contribution in [2.45, 2.75) is 19.4 Å². The van der Waals surface area contributed by atoms with Gasteiger partial charge in [-0.1, -0.05) is 0 Å². The molecule has 1 unspecified atom stereocenters. The van der Waals surface area contributed by atoms with Crippen molar-refractivity contribution in [3.05, 3.63) is 0 Å². The Labute approximate surface area is 78.6 Å². The lowest BCUT2D eigenvalue weighted by Crippen LogP contribution is -2.22. The minimum absolute atomic E-state index is 0. The molecule has 0 saturated carbocycles. The van der Waals surface area contributed by atoms with Gasteiger partial charge in [0.1, 0.15) is 0 Å². The molecule has 12 heavy (non-hydrogen) atoms. The van der Waals surface area contributed by atoms with E-state index in [9.17, 15) is 8.42 Å². The number of hydrogen-bond acceptors (Lipinski definition) is 5. The predicted molar refractivity (Wildman–Crippen MR) is 47.5 cm³/mol. The van der Waals surface area contributed by atoms with Crippen LogP contribution in [0.1, 0.15) is 13.3 Å². The number of hydrogen-bond donors (Lipinski definition) is 2. The Hall–Kier alpha value is 0.120. The fraction of sp³-hybridized carbons (Fsp3) is 1.00. The van der Waals surface area contributed by atoms with Gasteiger partial charge >= 0.3 is 0 Å². The maximum atomic E-state index is 10.3. The van der Waals surface area contributed by atoms with Crippen molar-refractivity contribution in [1.29, 1.82) is 0 Å². The van der Waals surface area contributed by atoms with Gasteiger partial charge in [-0.05, 0) is 13.3 Å². The quantitative estimate of drug-likeness (QED) is 0.489. The molecule has 0 rings (SSSR count). The maximum Gasteiger partial charge on any atom is 0.280 e. The van der Waals surface area contributed by atoms with Crippen LogP contribution in [0, 0.1) is 0 Å². The zero-order valence-electron chi connectivity index (χ0n) is 6.98. The summed E-state index contributed by atoms with van der Waals surface area (Å²) in [6, 6.07) is 0. The summed E-state index contributed by atoms with van der Waals surface area (Å²) in [6.45, 7) is 1.92. The molecule has 0 aliphatic carbocycles. The van der Waals surface area contributed by atoms with Gasteiger partial charge in [0.25, 0.3) is 10.1 Å². The van der Waals surface area contributed by atoms with E-state index in [-0.39, 0.29) is 12.4 Å². The average Bonchev–Trinajstić information content (AvgIpc) is 1.78. The van der Waals surface area contributed by atoms with E-state index in [0.717, 1.165) is 6.26 Å². The van der Waals surface area contributed by atoms with Crippen molar-refractivity contribution in [2.75, 3.05) is 12.8 Å². The molecule has 0 radical (unpaired) electrons. The van der Waals surface area contributed by atoms with Gasteiger partial charge in [-0.25, -0.2) is 0 Å². The van der Waals surface area contributed by atoms with Gasteiger partial charge in [0.15, 0.2) is 0 Å². The Kier molecular flexibility index (Phi) is 8.07. The second-order valence-electron chi connectivity index (χ2n) is 2.32. The fourth-order valence-corrected chi connectivity index (χ4v) is 0.714. The van der Waals surface area contributed by atoms with Gasteiger partial charge in [0, 0.05) is 6.54 Å². The van der Waals surface area contributed by atoms with E-state index >= 15 is 0 Å². The SMILES string of the molecule is CC(O)CCNOS(C)(=O)=O.Cl. The minimum Gasteiger partial charge on any atom is -0.393 e. The van der Waals surface area contributed by atoms with Crippen LogP contribution in [-0.2, 0) is 14.4 Å². The molecule has 1 atom stereocenters. The zero-order chi connectivity index (χ0) is 8.91. The van der Waals surface area contributed by atoms with Crippen LogP contribution in [0.25, 0.3) is 0 Å². The van der Waals surface area contributed by atoms with E-state index in [4.69, 9.17) is 5.11 Å². The van der Waals surface area contributed by atoms with Gasteiger partial charge in [0.2, 0.25) is 0 Å². The number of aliphatic hydroxyl groups excluding tert-OH is 1. The van der Waals surface area contributed by atoms with Crippen molar-refractivity contribution in [3.8, 4) is 0 Å². The average molecular weight is 220 g/mol. The second kappa shape index (κ2) is 6.62. The third-order valence-electron chi connectivity index (χ3n) is 0.874. The fourth-order valence-electron chi connectivity index (χ4n) is 0.417. The Morgan fingerprint density at radius 1 is 1.58 bits per heavy atom. The first-order valence-electron chi connectivity index (χ1n) is 3.21. The molecule has 76 valence electrons. The smallest absolute Gasteiger partial charge is 0.280 e. The van der Waals surface area contributed by atoms with Crippen molar-refractivity contribution in [2.24, 2.45) is 0 Å². The topological polar surface area (TPSA) is 75.6 Å². The van der Waals surface area contributed by atoms with Crippen LogP contribution in [0.4, 0.5) is 0 Å². The molecule has 0 aromatic rings. The lowest BCUT2D eigenvalue weighted by atomic mass is 10.3. The van der Waals surface area contributed by atoms with Crippen LogP contribution >= 0.6 is 12.4 Å². The van der Waals surface area contributed by atoms with Gasteiger partial charge in [-0.2, -0.15) is 18.2 Å². The normalized spacial score (nSPS) is 13.6. The highest BCUT2D eigenvalue weighted by Crippen LogP contribution is 1.87. The zero-order valence-corrected chi connectivity index (χ0v) is 8.61. The highest BCUT2D eigenvalue weighted by molar-refractivity contribution is 7.85. The highest BCUT2D eigenvalue weighted by atomic mass is 35.5. The summed E-state index contributed by atoms with van der Waals surface area (Å²) < 4.78 is 24.8. The standard InChI is InChI=1S/C5H13NO4S.ClH/c1-5(7)3-4-6-10-11(2,8)9;/h5-7H,3-4H2,1-2H3;1H. The van der Waals surface area contributed by atoms with Crippen LogP contribution in [-0.4, -0.2) is 32.4 Å². The van der Waals surface area contributed by atoms with Gasteiger partial charge < -0.3 is 5.11 Å². The van der Waals surface area contributed by atoms with Crippen molar-refractivity contribution in [1.82, 2.24) is 5.48 Å². The van der Waals surface area contributed by atoms with Crippen LogP contribution in [0.15, 0.2) is 0 Å². The molecule has 7 heteroatoms. The summed E-state index contributed by atoms with van der Waals surface area (Å²) in [6.07, 6.45) is 0.948. The molecular formula is C5H14ClNO4S. The van der Waals surface area contributed by atoms with Gasteiger partial charge in [-0.15, -0.1) is 12.4 Å². The summed E-state index contributed by atoms with van der Waals surface area (Å²) in [4.78, 5) is 0. The molecule has 0 heterocycles. The molecule has 0 aromatic carbocycles. The van der Waals surface area contributed by atoms with E-state index in [1.165, 1.54) is 0 Å². The number of halogens is 1. The molecule has 0 aliphatic rings. The molecule has 5 nitrogen and oxygen atoms in total. The second-order valence-corrected chi connectivity index (χ2v) is 3.89. The lowest BCUT2D eigenvalue weighted by molar-refractivity contribution is 0.149. The third-order valence-corrected chi connectivity index (χ3v) is 1.30. The predicted octanol–water partition coefficient (Wildman–Crippen LogP) is -0.340. The molecule has 0 bridgehead atoms. The van der Waals surface area contributed by atoms with Crippen LogP contribution in [0.5, 0.6) is 0 Å². The van der Waals surface area contributed by atoms with E-state index in [1.54, 1.807) is 6.92 Å². The molecule has 0 fully saturated rings. The Morgan fingerprint density at radius 3 is 2.42 bits per heavy atom. The van der Waals surface area contributed by atoms with E-state index in [0.29, 0.717) is 13.0 Å². The first kappa shape index (κ1) is 14.6. The lowest BCUT2D eigenvalue weighted by Gasteiger charge is -2.04. The minimum atomic E-state index is -3.41. The Balaban J connectivity index is 0. The molecule has 0 amide bonds. The molecule has 2 N–H and O–H groups in total. The summed E-state index contributed by atoms with van der Waals surface area (Å²) >= 11 is 0. The Bertz CT molecular complexity index is 192.